The van der Waals surface area contributed by atoms with Crippen LogP contribution in [0, 0.1) is 0 Å². The maximum absolute atomic E-state index is 12.8. The van der Waals surface area contributed by atoms with E-state index in [1.54, 1.807) is 4.90 Å². The van der Waals surface area contributed by atoms with E-state index < -0.39 is 6.10 Å². The minimum absolute atomic E-state index is 0.00495. The average molecular weight is 295 g/mol. The van der Waals surface area contributed by atoms with E-state index in [1.165, 1.54) is 5.56 Å². The van der Waals surface area contributed by atoms with Crippen LogP contribution in [0.15, 0.2) is 48.5 Å². The zero-order valence-corrected chi connectivity index (χ0v) is 13.0. The highest BCUT2D eigenvalue weighted by molar-refractivity contribution is 6.06. The third kappa shape index (κ3) is 2.64. The highest BCUT2D eigenvalue weighted by atomic mass is 16.3. The van der Waals surface area contributed by atoms with Gasteiger partial charge in [0, 0.05) is 23.4 Å². The lowest BCUT2D eigenvalue weighted by Gasteiger charge is -2.32. The highest BCUT2D eigenvalue weighted by Crippen LogP contribution is 2.34. The van der Waals surface area contributed by atoms with Crippen LogP contribution in [-0.2, 0) is 0 Å². The fraction of sp³-hybridized carbons (Fsp3) is 0.316. The molecule has 0 aromatic heterocycles. The monoisotopic (exact) mass is 295 g/mol. The van der Waals surface area contributed by atoms with Crippen LogP contribution in [0.5, 0.6) is 0 Å². The number of para-hydroxylation sites is 1. The minimum Gasteiger partial charge on any atom is -0.388 e. The van der Waals surface area contributed by atoms with E-state index >= 15 is 0 Å². The molecule has 3 heteroatoms. The van der Waals surface area contributed by atoms with Gasteiger partial charge in [-0.3, -0.25) is 4.79 Å². The molecule has 1 amide bonds. The SMILES string of the molecule is CC(C)c1ccc(C(=O)N2CCC(O)c3ccccc32)cc1. The molecule has 1 atom stereocenters. The molecule has 114 valence electrons. The van der Waals surface area contributed by atoms with Crippen LogP contribution >= 0.6 is 0 Å². The molecule has 1 aliphatic rings. The van der Waals surface area contributed by atoms with E-state index in [0.29, 0.717) is 24.4 Å². The fourth-order valence-corrected chi connectivity index (χ4v) is 2.92. The first-order valence-corrected chi connectivity index (χ1v) is 7.76. The van der Waals surface area contributed by atoms with E-state index in [0.717, 1.165) is 11.3 Å². The zero-order chi connectivity index (χ0) is 15.7. The summed E-state index contributed by atoms with van der Waals surface area (Å²) in [6.07, 6.45) is 0.0934. The van der Waals surface area contributed by atoms with Crippen LogP contribution in [0.4, 0.5) is 5.69 Å². The van der Waals surface area contributed by atoms with Crippen molar-refractivity contribution < 1.29 is 9.90 Å². The van der Waals surface area contributed by atoms with Crippen molar-refractivity contribution in [2.45, 2.75) is 32.3 Å². The summed E-state index contributed by atoms with van der Waals surface area (Å²) in [7, 11) is 0. The fourth-order valence-electron chi connectivity index (χ4n) is 2.92. The minimum atomic E-state index is -0.483. The smallest absolute Gasteiger partial charge is 0.258 e. The molecule has 0 saturated heterocycles. The van der Waals surface area contributed by atoms with Crippen molar-refractivity contribution in [1.29, 1.82) is 0 Å². The zero-order valence-electron chi connectivity index (χ0n) is 13.0. The van der Waals surface area contributed by atoms with Crippen molar-refractivity contribution >= 4 is 11.6 Å². The van der Waals surface area contributed by atoms with Crippen LogP contribution in [-0.4, -0.2) is 17.6 Å². The number of amides is 1. The second-order valence-corrected chi connectivity index (χ2v) is 6.10. The third-order valence-corrected chi connectivity index (χ3v) is 4.28. The Bertz CT molecular complexity index is 676. The van der Waals surface area contributed by atoms with Crippen LogP contribution < -0.4 is 4.90 Å². The molecule has 1 aliphatic heterocycles. The van der Waals surface area contributed by atoms with Gasteiger partial charge in [0.15, 0.2) is 0 Å². The van der Waals surface area contributed by atoms with Gasteiger partial charge in [0.1, 0.15) is 0 Å². The van der Waals surface area contributed by atoms with Crippen molar-refractivity contribution in [2.24, 2.45) is 0 Å². The Hall–Kier alpha value is -2.13. The second kappa shape index (κ2) is 5.93. The van der Waals surface area contributed by atoms with Gasteiger partial charge in [-0.05, 0) is 36.1 Å². The molecule has 3 nitrogen and oxygen atoms in total. The molecular weight excluding hydrogens is 274 g/mol. The largest absolute Gasteiger partial charge is 0.388 e. The summed E-state index contributed by atoms with van der Waals surface area (Å²) in [5, 5.41) is 10.1. The first-order valence-electron chi connectivity index (χ1n) is 7.76. The summed E-state index contributed by atoms with van der Waals surface area (Å²) >= 11 is 0. The van der Waals surface area contributed by atoms with Gasteiger partial charge in [0.05, 0.1) is 6.10 Å². The molecule has 1 N–H and O–H groups in total. The van der Waals surface area contributed by atoms with Gasteiger partial charge in [0.2, 0.25) is 0 Å². The van der Waals surface area contributed by atoms with Gasteiger partial charge >= 0.3 is 0 Å². The van der Waals surface area contributed by atoms with Crippen molar-refractivity contribution in [3.05, 3.63) is 65.2 Å². The van der Waals surface area contributed by atoms with Gasteiger partial charge in [0.25, 0.3) is 5.91 Å². The molecule has 1 unspecified atom stereocenters. The normalized spacial score (nSPS) is 17.5. The summed E-state index contributed by atoms with van der Waals surface area (Å²) in [6, 6.07) is 15.4. The predicted octanol–water partition coefficient (Wildman–Crippen LogP) is 3.89. The molecule has 0 fully saturated rings. The number of aliphatic hydroxyl groups excluding tert-OH is 1. The molecule has 1 heterocycles. The molecule has 3 rings (SSSR count). The van der Waals surface area contributed by atoms with Gasteiger partial charge < -0.3 is 10.0 Å². The van der Waals surface area contributed by atoms with Crippen LogP contribution in [0.1, 0.15) is 53.8 Å². The Morgan fingerprint density at radius 2 is 1.82 bits per heavy atom. The number of rotatable bonds is 2. The van der Waals surface area contributed by atoms with Crippen molar-refractivity contribution in [1.82, 2.24) is 0 Å². The molecular formula is C19H21NO2. The topological polar surface area (TPSA) is 40.5 Å². The van der Waals surface area contributed by atoms with E-state index in [1.807, 2.05) is 48.5 Å². The molecule has 0 saturated carbocycles. The number of anilines is 1. The first-order chi connectivity index (χ1) is 10.6. The first kappa shape index (κ1) is 14.8. The molecule has 0 radical (unpaired) electrons. The number of hydrogen-bond acceptors (Lipinski definition) is 2. The summed E-state index contributed by atoms with van der Waals surface area (Å²) in [5.74, 6) is 0.449. The number of aliphatic hydroxyl groups is 1. The van der Waals surface area contributed by atoms with Crippen LogP contribution in [0.3, 0.4) is 0 Å². The van der Waals surface area contributed by atoms with Crippen LogP contribution in [0.25, 0.3) is 0 Å². The molecule has 2 aromatic rings. The molecule has 2 aromatic carbocycles. The van der Waals surface area contributed by atoms with Gasteiger partial charge in [-0.25, -0.2) is 0 Å². The summed E-state index contributed by atoms with van der Waals surface area (Å²) in [4.78, 5) is 14.6. The predicted molar refractivity (Wildman–Crippen MR) is 88.2 cm³/mol. The molecule has 22 heavy (non-hydrogen) atoms. The van der Waals surface area contributed by atoms with E-state index in [4.69, 9.17) is 0 Å². The Kier molecular flexibility index (Phi) is 3.99. The third-order valence-electron chi connectivity index (χ3n) is 4.28. The number of benzene rings is 2. The van der Waals surface area contributed by atoms with Crippen molar-refractivity contribution in [3.63, 3.8) is 0 Å². The quantitative estimate of drug-likeness (QED) is 0.913. The maximum Gasteiger partial charge on any atom is 0.258 e. The van der Waals surface area contributed by atoms with Crippen molar-refractivity contribution in [2.75, 3.05) is 11.4 Å². The highest BCUT2D eigenvalue weighted by Gasteiger charge is 2.27. The van der Waals surface area contributed by atoms with E-state index in [-0.39, 0.29) is 5.91 Å². The second-order valence-electron chi connectivity index (χ2n) is 6.10. The van der Waals surface area contributed by atoms with E-state index in [2.05, 4.69) is 13.8 Å². The molecule has 0 aliphatic carbocycles. The average Bonchev–Trinajstić information content (AvgIpc) is 2.55. The van der Waals surface area contributed by atoms with Crippen LogP contribution in [0.2, 0.25) is 0 Å². The summed E-state index contributed by atoms with van der Waals surface area (Å²) in [5.41, 5.74) is 3.57. The van der Waals surface area contributed by atoms with Gasteiger partial charge in [-0.2, -0.15) is 0 Å². The summed E-state index contributed by atoms with van der Waals surface area (Å²) in [6.45, 7) is 4.82. The Morgan fingerprint density at radius 3 is 2.50 bits per heavy atom. The number of fused-ring (bicyclic) bond motifs is 1. The van der Waals surface area contributed by atoms with Gasteiger partial charge in [-0.15, -0.1) is 0 Å². The van der Waals surface area contributed by atoms with Gasteiger partial charge in [-0.1, -0.05) is 44.2 Å². The number of carbonyl (C=O) groups is 1. The lowest BCUT2D eigenvalue weighted by Crippen LogP contribution is -2.36. The number of hydrogen-bond donors (Lipinski definition) is 1. The Balaban J connectivity index is 1.91. The number of nitrogens with zero attached hydrogens (tertiary/aromatic N) is 1. The standard InChI is InChI=1S/C19H21NO2/c1-13(2)14-7-9-15(10-8-14)19(22)20-12-11-18(21)16-5-3-4-6-17(16)20/h3-10,13,18,21H,11-12H2,1-2H3. The maximum atomic E-state index is 12.8. The lowest BCUT2D eigenvalue weighted by molar-refractivity contribution is 0.0970. The lowest BCUT2D eigenvalue weighted by atomic mass is 9.97. The molecule has 0 bridgehead atoms. The van der Waals surface area contributed by atoms with E-state index in [9.17, 15) is 9.90 Å². The van der Waals surface area contributed by atoms with Crippen molar-refractivity contribution in [3.8, 4) is 0 Å². The summed E-state index contributed by atoms with van der Waals surface area (Å²) < 4.78 is 0. The Morgan fingerprint density at radius 1 is 1.14 bits per heavy atom. The molecule has 0 spiro atoms. The Labute approximate surface area is 131 Å². The number of carbonyl (C=O) groups excluding carboxylic acids is 1.